The summed E-state index contributed by atoms with van der Waals surface area (Å²) >= 11 is 0. The van der Waals surface area contributed by atoms with Gasteiger partial charge in [0.25, 0.3) is 5.91 Å². The highest BCUT2D eigenvalue weighted by atomic mass is 32.2. The number of rotatable bonds is 5. The lowest BCUT2D eigenvalue weighted by Crippen LogP contribution is -2.32. The first-order valence-electron chi connectivity index (χ1n) is 10.5. The number of carbonyl (C=O) groups is 2. The fourth-order valence-electron chi connectivity index (χ4n) is 3.48. The van der Waals surface area contributed by atoms with E-state index < -0.39 is 33.7 Å². The molecule has 1 aromatic carbocycles. The van der Waals surface area contributed by atoms with Crippen LogP contribution in [0.25, 0.3) is 0 Å². The summed E-state index contributed by atoms with van der Waals surface area (Å²) in [7, 11) is -2.57. The highest BCUT2D eigenvalue weighted by molar-refractivity contribution is 7.91. The molecule has 0 N–H and O–H groups in total. The normalized spacial score (nSPS) is 13.5. The predicted octanol–water partition coefficient (Wildman–Crippen LogP) is 4.08. The van der Waals surface area contributed by atoms with Crippen molar-refractivity contribution in [2.45, 2.75) is 24.5 Å². The van der Waals surface area contributed by atoms with Crippen LogP contribution in [0.2, 0.25) is 0 Å². The number of ether oxygens (including phenoxy) is 1. The van der Waals surface area contributed by atoms with E-state index in [4.69, 9.17) is 4.74 Å². The third-order valence-electron chi connectivity index (χ3n) is 5.44. The molecule has 4 rings (SSSR count). The van der Waals surface area contributed by atoms with Gasteiger partial charge in [-0.1, -0.05) is 25.1 Å². The van der Waals surface area contributed by atoms with Gasteiger partial charge in [0.2, 0.25) is 0 Å². The van der Waals surface area contributed by atoms with Crippen molar-refractivity contribution in [2.75, 3.05) is 22.6 Å². The van der Waals surface area contributed by atoms with E-state index in [9.17, 15) is 31.2 Å². The molecule has 9 nitrogen and oxygen atoms in total. The number of hydrogen-bond acceptors (Lipinski definition) is 7. The minimum absolute atomic E-state index is 0.0427. The lowest BCUT2D eigenvalue weighted by Gasteiger charge is -2.22. The summed E-state index contributed by atoms with van der Waals surface area (Å²) in [5.41, 5.74) is -1.33. The lowest BCUT2D eigenvalue weighted by molar-refractivity contribution is -0.141. The molecule has 0 radical (unpaired) electrons. The van der Waals surface area contributed by atoms with Crippen molar-refractivity contribution in [1.29, 1.82) is 0 Å². The molecule has 1 aliphatic heterocycles. The molecular weight excluding hydrogens is 501 g/mol. The molecule has 2 aromatic heterocycles. The molecule has 2 amide bonds. The maximum Gasteiger partial charge on any atom is 0.433 e. The zero-order chi connectivity index (χ0) is 26.3. The quantitative estimate of drug-likeness (QED) is 0.499. The molecule has 3 aromatic rings. The van der Waals surface area contributed by atoms with Gasteiger partial charge < -0.3 is 4.74 Å². The van der Waals surface area contributed by atoms with E-state index in [0.29, 0.717) is 6.07 Å². The molecule has 188 valence electrons. The van der Waals surface area contributed by atoms with Crippen molar-refractivity contribution in [2.24, 2.45) is 0 Å². The van der Waals surface area contributed by atoms with Gasteiger partial charge in [0, 0.05) is 24.4 Å². The van der Waals surface area contributed by atoms with Crippen molar-refractivity contribution in [3.8, 4) is 5.75 Å². The molecule has 0 spiro atoms. The Bertz CT molecular complexity index is 1450. The van der Waals surface area contributed by atoms with Gasteiger partial charge in [-0.05, 0) is 30.3 Å². The minimum Gasteiger partial charge on any atom is -0.410 e. The zero-order valence-corrected chi connectivity index (χ0v) is 19.8. The van der Waals surface area contributed by atoms with Crippen LogP contribution in [0.4, 0.5) is 29.6 Å². The number of aromatic nitrogens is 2. The van der Waals surface area contributed by atoms with Crippen LogP contribution in [0, 0.1) is 0 Å². The van der Waals surface area contributed by atoms with Crippen LogP contribution in [-0.4, -0.2) is 43.2 Å². The highest BCUT2D eigenvalue weighted by Crippen LogP contribution is 2.36. The van der Waals surface area contributed by atoms with Crippen molar-refractivity contribution in [3.05, 3.63) is 71.5 Å². The molecule has 0 bridgehead atoms. The number of carbonyl (C=O) groups excluding carboxylic acids is 2. The van der Waals surface area contributed by atoms with Crippen molar-refractivity contribution < 1.29 is 35.9 Å². The van der Waals surface area contributed by atoms with Crippen LogP contribution in [0.15, 0.2) is 59.6 Å². The van der Waals surface area contributed by atoms with Crippen LogP contribution >= 0.6 is 0 Å². The number of pyridine rings is 2. The first-order chi connectivity index (χ1) is 16.9. The van der Waals surface area contributed by atoms with E-state index in [0.717, 1.165) is 16.0 Å². The smallest absolute Gasteiger partial charge is 0.410 e. The Hall–Kier alpha value is -4.00. The number of fused-ring (bicyclic) bond motifs is 1. The zero-order valence-electron chi connectivity index (χ0n) is 19.0. The summed E-state index contributed by atoms with van der Waals surface area (Å²) in [6, 6.07) is 11.3. The molecular formula is C23H19F3N4O5S. The molecule has 0 saturated heterocycles. The predicted molar refractivity (Wildman–Crippen MR) is 123 cm³/mol. The van der Waals surface area contributed by atoms with Crippen LogP contribution in [0.3, 0.4) is 0 Å². The van der Waals surface area contributed by atoms with Gasteiger partial charge in [0.15, 0.2) is 15.7 Å². The summed E-state index contributed by atoms with van der Waals surface area (Å²) in [4.78, 5) is 35.0. The third-order valence-corrected chi connectivity index (χ3v) is 7.19. The van der Waals surface area contributed by atoms with E-state index in [1.807, 2.05) is 0 Å². The number of sulfone groups is 1. The average Bonchev–Trinajstić information content (AvgIpc) is 3.19. The first-order valence-corrected chi connectivity index (χ1v) is 12.2. The SMILES string of the molecule is CCS(=O)(=O)c1ccc(N(C)C(=O)Oc2ccccc2)nc1N1Cc2cnc(C(F)(F)F)cc2C1=O. The summed E-state index contributed by atoms with van der Waals surface area (Å²) in [5.74, 6) is -1.29. The van der Waals surface area contributed by atoms with Crippen LogP contribution < -0.4 is 14.5 Å². The van der Waals surface area contributed by atoms with Crippen molar-refractivity contribution >= 4 is 33.5 Å². The van der Waals surface area contributed by atoms with Crippen LogP contribution in [0.5, 0.6) is 5.75 Å². The number of hydrogen-bond donors (Lipinski definition) is 0. The third kappa shape index (κ3) is 4.73. The second kappa shape index (κ2) is 9.22. The van der Waals surface area contributed by atoms with Gasteiger partial charge in [-0.15, -0.1) is 0 Å². The van der Waals surface area contributed by atoms with Gasteiger partial charge in [-0.3, -0.25) is 19.6 Å². The molecule has 0 aliphatic carbocycles. The number of halogens is 3. The standard InChI is InChI=1S/C23H19F3N4O5S/c1-3-36(33,34)17-9-10-19(29(2)22(32)35-15-7-5-4-6-8-15)28-20(17)30-13-14-12-27-18(23(24,25)26)11-16(14)21(30)31/h4-12H,3,13H2,1-2H3. The molecule has 0 atom stereocenters. The van der Waals surface area contributed by atoms with Crippen LogP contribution in [0.1, 0.15) is 28.5 Å². The van der Waals surface area contributed by atoms with E-state index in [-0.39, 0.29) is 45.7 Å². The van der Waals surface area contributed by atoms with Crippen molar-refractivity contribution in [1.82, 2.24) is 9.97 Å². The Morgan fingerprint density at radius 3 is 2.50 bits per heavy atom. The van der Waals surface area contributed by atoms with Gasteiger partial charge >= 0.3 is 12.3 Å². The number of nitrogens with zero attached hydrogens (tertiary/aromatic N) is 4. The summed E-state index contributed by atoms with van der Waals surface area (Å²) < 4.78 is 70.1. The van der Waals surface area contributed by atoms with Crippen molar-refractivity contribution in [3.63, 3.8) is 0 Å². The molecule has 0 fully saturated rings. The fraction of sp³-hybridized carbons (Fsp3) is 0.217. The average molecular weight is 520 g/mol. The lowest BCUT2D eigenvalue weighted by atomic mass is 10.1. The minimum atomic E-state index is -4.76. The molecule has 13 heteroatoms. The second-order valence-electron chi connectivity index (χ2n) is 7.75. The van der Waals surface area contributed by atoms with E-state index >= 15 is 0 Å². The van der Waals surface area contributed by atoms with Gasteiger partial charge in [-0.25, -0.2) is 18.2 Å². The van der Waals surface area contributed by atoms with Gasteiger partial charge in [-0.2, -0.15) is 13.2 Å². The summed E-state index contributed by atoms with van der Waals surface area (Å²) in [6.07, 6.45) is -4.67. The Kier molecular flexibility index (Phi) is 6.43. The second-order valence-corrected chi connectivity index (χ2v) is 10.00. The molecule has 0 unspecified atom stereocenters. The Labute approximate surface area is 204 Å². The monoisotopic (exact) mass is 520 g/mol. The molecule has 3 heterocycles. The van der Waals surface area contributed by atoms with Crippen LogP contribution in [-0.2, 0) is 22.6 Å². The fourth-order valence-corrected chi connectivity index (χ4v) is 4.50. The summed E-state index contributed by atoms with van der Waals surface area (Å²) in [5, 5.41) is 0. The maximum absolute atomic E-state index is 13.1. The molecule has 0 saturated carbocycles. The van der Waals surface area contributed by atoms with Gasteiger partial charge in [0.1, 0.15) is 22.2 Å². The first kappa shape index (κ1) is 25.1. The van der Waals surface area contributed by atoms with Gasteiger partial charge in [0.05, 0.1) is 12.3 Å². The Morgan fingerprint density at radius 2 is 1.86 bits per heavy atom. The number of benzene rings is 1. The number of para-hydroxylation sites is 1. The molecule has 36 heavy (non-hydrogen) atoms. The topological polar surface area (TPSA) is 110 Å². The molecule has 1 aliphatic rings. The number of amides is 2. The van der Waals surface area contributed by atoms with E-state index in [2.05, 4.69) is 9.97 Å². The maximum atomic E-state index is 13.1. The highest BCUT2D eigenvalue weighted by Gasteiger charge is 2.38. The largest absolute Gasteiger partial charge is 0.433 e. The number of alkyl halides is 3. The number of anilines is 2. The van der Waals surface area contributed by atoms with E-state index in [1.54, 1.807) is 30.3 Å². The Balaban J connectivity index is 1.73. The Morgan fingerprint density at radius 1 is 1.17 bits per heavy atom. The summed E-state index contributed by atoms with van der Waals surface area (Å²) in [6.45, 7) is 1.15. The van der Waals surface area contributed by atoms with E-state index in [1.165, 1.54) is 26.1 Å².